The standard InChI is InChI=1S/C20H37NO16.ClH/c1-5(21)9(24)13(28)14(29)10(25)6(23)3-34-19-18(33)16(31)12(27)8(37-19)4-35-20-17(32)15(30)11(26)7(2-22)36-20;/h5-8,10-20,22-23,25-33H,2-4,21H2,1H3;1H/t5?,6-,7-,8-,10-,11-,12-,13+,14+,15+,16+,17-,18-,19+,20+;/m1./s1. The fourth-order valence-corrected chi connectivity index (χ4v) is 3.73. The average Bonchev–Trinajstić information content (AvgIpc) is 2.88. The SMILES string of the molecule is CC(N)C(=O)[C@H](O)[C@@H](O)[C@H](O)[C@H](O)CO[C@H]1O[C@H](CO[C@H]2O[C@H](CO)[C@@H](O)[C@H](O)[C@H]2O)[C@@H](O)[C@H](O)[C@H]1O.Cl. The third-order valence-electron chi connectivity index (χ3n) is 6.18. The lowest BCUT2D eigenvalue weighted by Crippen LogP contribution is -2.62. The number of carbonyl (C=O) groups is 1. The molecule has 226 valence electrons. The lowest BCUT2D eigenvalue weighted by atomic mass is 9.97. The fraction of sp³-hybridized carbons (Fsp3) is 0.950. The molecule has 38 heavy (non-hydrogen) atoms. The Bertz CT molecular complexity index is 721. The van der Waals surface area contributed by atoms with E-state index >= 15 is 0 Å². The number of Topliss-reactive ketones (excluding diaryl/α,β-unsaturated/α-hetero) is 1. The first-order valence-corrected chi connectivity index (χ1v) is 11.5. The number of carbonyl (C=O) groups excluding carboxylic acids is 1. The summed E-state index contributed by atoms with van der Waals surface area (Å²) in [4.78, 5) is 11.7. The summed E-state index contributed by atoms with van der Waals surface area (Å²) in [5.74, 6) is -0.995. The summed E-state index contributed by atoms with van der Waals surface area (Å²) in [5, 5.41) is 109. The van der Waals surface area contributed by atoms with Gasteiger partial charge >= 0.3 is 0 Å². The molecule has 0 spiro atoms. The van der Waals surface area contributed by atoms with E-state index in [1.54, 1.807) is 0 Å². The van der Waals surface area contributed by atoms with E-state index in [1.807, 2.05) is 0 Å². The molecule has 17 nitrogen and oxygen atoms in total. The van der Waals surface area contributed by atoms with E-state index in [2.05, 4.69) is 0 Å². The summed E-state index contributed by atoms with van der Waals surface area (Å²) in [6.45, 7) is -0.942. The molecule has 2 aliphatic rings. The van der Waals surface area contributed by atoms with Crippen molar-refractivity contribution >= 4 is 18.2 Å². The zero-order valence-corrected chi connectivity index (χ0v) is 21.0. The number of rotatable bonds is 12. The number of hydrogen-bond donors (Lipinski definition) is 12. The molecule has 0 aromatic rings. The van der Waals surface area contributed by atoms with E-state index in [1.165, 1.54) is 6.92 Å². The van der Waals surface area contributed by atoms with Gasteiger partial charge in [0.25, 0.3) is 0 Å². The average molecular weight is 584 g/mol. The summed E-state index contributed by atoms with van der Waals surface area (Å²) in [6.07, 6.45) is -24.9. The monoisotopic (exact) mass is 583 g/mol. The van der Waals surface area contributed by atoms with Crippen LogP contribution < -0.4 is 5.73 Å². The highest BCUT2D eigenvalue weighted by Crippen LogP contribution is 2.26. The molecule has 0 radical (unpaired) electrons. The number of aliphatic hydroxyl groups excluding tert-OH is 11. The predicted octanol–water partition coefficient (Wildman–Crippen LogP) is -7.59. The van der Waals surface area contributed by atoms with Gasteiger partial charge in [0.15, 0.2) is 18.4 Å². The van der Waals surface area contributed by atoms with Crippen LogP contribution in [0.25, 0.3) is 0 Å². The summed E-state index contributed by atoms with van der Waals surface area (Å²) in [5.41, 5.74) is 5.32. The minimum absolute atomic E-state index is 0. The van der Waals surface area contributed by atoms with E-state index < -0.39 is 117 Å². The van der Waals surface area contributed by atoms with E-state index in [4.69, 9.17) is 24.7 Å². The Labute approximate surface area is 223 Å². The summed E-state index contributed by atoms with van der Waals surface area (Å²) >= 11 is 0. The molecule has 2 aliphatic heterocycles. The highest BCUT2D eigenvalue weighted by Gasteiger charge is 2.48. The number of nitrogens with two attached hydrogens (primary N) is 1. The van der Waals surface area contributed by atoms with Crippen molar-refractivity contribution in [3.63, 3.8) is 0 Å². The summed E-state index contributed by atoms with van der Waals surface area (Å²) < 4.78 is 20.9. The Morgan fingerprint density at radius 1 is 0.789 bits per heavy atom. The fourth-order valence-electron chi connectivity index (χ4n) is 3.73. The molecule has 2 fully saturated rings. The van der Waals surface area contributed by atoms with E-state index in [-0.39, 0.29) is 12.4 Å². The van der Waals surface area contributed by atoms with Crippen LogP contribution in [0.2, 0.25) is 0 Å². The summed E-state index contributed by atoms with van der Waals surface area (Å²) in [7, 11) is 0. The first-order valence-electron chi connectivity index (χ1n) is 11.5. The van der Waals surface area contributed by atoms with Gasteiger partial charge in [0, 0.05) is 0 Å². The van der Waals surface area contributed by atoms with Crippen LogP contribution in [0.1, 0.15) is 6.92 Å². The van der Waals surface area contributed by atoms with Crippen molar-refractivity contribution in [3.8, 4) is 0 Å². The summed E-state index contributed by atoms with van der Waals surface area (Å²) in [6, 6.07) is -1.16. The van der Waals surface area contributed by atoms with Crippen LogP contribution in [0.15, 0.2) is 0 Å². The number of ether oxygens (including phenoxy) is 4. The second kappa shape index (κ2) is 15.4. The lowest BCUT2D eigenvalue weighted by Gasteiger charge is -2.42. The molecule has 15 atom stereocenters. The smallest absolute Gasteiger partial charge is 0.186 e. The van der Waals surface area contributed by atoms with E-state index in [0.29, 0.717) is 0 Å². The normalized spacial score (nSPS) is 39.9. The zero-order valence-electron chi connectivity index (χ0n) is 20.2. The number of hydrogen-bond acceptors (Lipinski definition) is 17. The minimum atomic E-state index is -2.14. The van der Waals surface area contributed by atoms with Gasteiger partial charge in [-0.2, -0.15) is 0 Å². The molecule has 2 rings (SSSR count). The van der Waals surface area contributed by atoms with Gasteiger partial charge in [0.2, 0.25) is 0 Å². The van der Waals surface area contributed by atoms with Gasteiger partial charge in [-0.3, -0.25) is 4.79 Å². The number of aliphatic hydroxyl groups is 11. The Balaban J connectivity index is 0.00000722. The van der Waals surface area contributed by atoms with Gasteiger partial charge in [-0.1, -0.05) is 0 Å². The van der Waals surface area contributed by atoms with Crippen molar-refractivity contribution in [1.29, 1.82) is 0 Å². The van der Waals surface area contributed by atoms with Crippen LogP contribution in [0.3, 0.4) is 0 Å². The van der Waals surface area contributed by atoms with Crippen LogP contribution in [-0.2, 0) is 23.7 Å². The van der Waals surface area contributed by atoms with E-state index in [0.717, 1.165) is 0 Å². The van der Waals surface area contributed by atoms with Crippen molar-refractivity contribution < 1.29 is 79.9 Å². The maximum Gasteiger partial charge on any atom is 0.186 e. The van der Waals surface area contributed by atoms with Crippen molar-refractivity contribution in [2.45, 2.75) is 98.8 Å². The van der Waals surface area contributed by atoms with Gasteiger partial charge in [0.05, 0.1) is 25.9 Å². The van der Waals surface area contributed by atoms with Gasteiger partial charge in [-0.25, -0.2) is 0 Å². The lowest BCUT2D eigenvalue weighted by molar-refractivity contribution is -0.333. The highest BCUT2D eigenvalue weighted by atomic mass is 35.5. The number of halogens is 1. The van der Waals surface area contributed by atoms with Gasteiger partial charge in [-0.05, 0) is 6.92 Å². The van der Waals surface area contributed by atoms with Crippen LogP contribution >= 0.6 is 12.4 Å². The third-order valence-corrected chi connectivity index (χ3v) is 6.18. The molecule has 0 amide bonds. The Morgan fingerprint density at radius 2 is 1.26 bits per heavy atom. The molecule has 0 aliphatic carbocycles. The predicted molar refractivity (Wildman–Crippen MR) is 122 cm³/mol. The van der Waals surface area contributed by atoms with Crippen LogP contribution in [0, 0.1) is 0 Å². The van der Waals surface area contributed by atoms with Crippen LogP contribution in [0.4, 0.5) is 0 Å². The second-order valence-corrected chi connectivity index (χ2v) is 9.06. The molecule has 0 aromatic heterocycles. The molecule has 2 heterocycles. The van der Waals surface area contributed by atoms with E-state index in [9.17, 15) is 61.0 Å². The van der Waals surface area contributed by atoms with Crippen molar-refractivity contribution in [2.75, 3.05) is 19.8 Å². The molecule has 2 saturated heterocycles. The first kappa shape index (κ1) is 35.3. The van der Waals surface area contributed by atoms with Crippen molar-refractivity contribution in [1.82, 2.24) is 0 Å². The third kappa shape index (κ3) is 8.18. The van der Waals surface area contributed by atoms with Crippen LogP contribution in [0.5, 0.6) is 0 Å². The second-order valence-electron chi connectivity index (χ2n) is 9.06. The van der Waals surface area contributed by atoms with Gasteiger partial charge in [0.1, 0.15) is 73.2 Å². The Hall–Kier alpha value is -0.680. The van der Waals surface area contributed by atoms with Crippen molar-refractivity contribution in [3.05, 3.63) is 0 Å². The van der Waals surface area contributed by atoms with Crippen molar-refractivity contribution in [2.24, 2.45) is 5.73 Å². The number of ketones is 1. The maximum absolute atomic E-state index is 11.7. The Kier molecular flexibility index (Phi) is 14.3. The van der Waals surface area contributed by atoms with Gasteiger partial charge in [-0.15, -0.1) is 12.4 Å². The highest BCUT2D eigenvalue weighted by molar-refractivity contribution is 5.88. The topological polar surface area (TPSA) is 303 Å². The first-order chi connectivity index (χ1) is 17.2. The maximum atomic E-state index is 11.7. The Morgan fingerprint density at radius 3 is 1.76 bits per heavy atom. The molecule has 13 N–H and O–H groups in total. The zero-order chi connectivity index (χ0) is 28.2. The molecule has 1 unspecified atom stereocenters. The molecule has 0 bridgehead atoms. The molecule has 0 saturated carbocycles. The molecular formula is C20H38ClNO16. The quantitative estimate of drug-likeness (QED) is 0.101. The minimum Gasteiger partial charge on any atom is -0.394 e. The largest absolute Gasteiger partial charge is 0.394 e. The van der Waals surface area contributed by atoms with Crippen LogP contribution in [-0.4, -0.2) is 174 Å². The molecule has 0 aromatic carbocycles. The van der Waals surface area contributed by atoms with Gasteiger partial charge < -0.3 is 80.9 Å². The molecular weight excluding hydrogens is 546 g/mol. The molecule has 18 heteroatoms.